The molecule has 6 heteroatoms. The van der Waals surface area contributed by atoms with Gasteiger partial charge in [-0.25, -0.2) is 0 Å². The second-order valence-corrected chi connectivity index (χ2v) is 21.6. The number of ether oxygens (including phenoxy) is 3. The highest BCUT2D eigenvalue weighted by molar-refractivity contribution is 5.72. The molecule has 0 aliphatic heterocycles. The molecule has 83 heavy (non-hydrogen) atoms. The van der Waals surface area contributed by atoms with Gasteiger partial charge < -0.3 is 14.2 Å². The van der Waals surface area contributed by atoms with Crippen LogP contribution in [0.25, 0.3) is 0 Å². The Hall–Kier alpha value is -5.23. The molecule has 0 aromatic carbocycles. The fourth-order valence-electron chi connectivity index (χ4n) is 8.80. The van der Waals surface area contributed by atoms with Crippen LogP contribution in [0.3, 0.4) is 0 Å². The maximum absolute atomic E-state index is 12.9. The summed E-state index contributed by atoms with van der Waals surface area (Å²) in [6.45, 7) is 6.32. The van der Waals surface area contributed by atoms with Crippen molar-refractivity contribution >= 4 is 17.9 Å². The quantitative estimate of drug-likeness (QED) is 0.0261. The van der Waals surface area contributed by atoms with Crippen molar-refractivity contribution in [3.63, 3.8) is 0 Å². The van der Waals surface area contributed by atoms with Crippen molar-refractivity contribution in [1.82, 2.24) is 0 Å². The molecule has 0 rings (SSSR count). The van der Waals surface area contributed by atoms with Gasteiger partial charge in [-0.05, 0) is 116 Å². The summed E-state index contributed by atoms with van der Waals surface area (Å²) in [5, 5.41) is 0. The van der Waals surface area contributed by atoms with Crippen molar-refractivity contribution in [2.45, 2.75) is 284 Å². The summed E-state index contributed by atoms with van der Waals surface area (Å²) < 4.78 is 16.8. The van der Waals surface area contributed by atoms with Gasteiger partial charge in [0, 0.05) is 12.8 Å². The summed E-state index contributed by atoms with van der Waals surface area (Å²) in [5.74, 6) is -1.07. The van der Waals surface area contributed by atoms with Crippen LogP contribution in [0.1, 0.15) is 278 Å². The lowest BCUT2D eigenvalue weighted by molar-refractivity contribution is -0.166. The lowest BCUT2D eigenvalue weighted by Gasteiger charge is -2.18. The fourth-order valence-corrected chi connectivity index (χ4v) is 8.80. The Bertz CT molecular complexity index is 1890. The molecule has 0 N–H and O–H groups in total. The van der Waals surface area contributed by atoms with Crippen molar-refractivity contribution in [3.8, 4) is 0 Å². The minimum atomic E-state index is -0.834. The topological polar surface area (TPSA) is 78.9 Å². The zero-order chi connectivity index (χ0) is 59.9. The van der Waals surface area contributed by atoms with Gasteiger partial charge in [0.15, 0.2) is 6.10 Å². The van der Waals surface area contributed by atoms with Crippen molar-refractivity contribution in [2.24, 2.45) is 0 Å². The molecular weight excluding hydrogens is 1020 g/mol. The molecular formula is C77H122O6. The van der Waals surface area contributed by atoms with Crippen LogP contribution in [0.4, 0.5) is 0 Å². The first kappa shape index (κ1) is 77.8. The van der Waals surface area contributed by atoms with Crippen LogP contribution >= 0.6 is 0 Å². The van der Waals surface area contributed by atoms with Gasteiger partial charge in [0.2, 0.25) is 0 Å². The first-order valence-electron chi connectivity index (χ1n) is 33.6. The molecule has 0 spiro atoms. The third-order valence-corrected chi connectivity index (χ3v) is 13.7. The van der Waals surface area contributed by atoms with E-state index in [-0.39, 0.29) is 31.6 Å². The van der Waals surface area contributed by atoms with E-state index in [1.807, 2.05) is 6.08 Å². The van der Waals surface area contributed by atoms with Crippen LogP contribution in [0.5, 0.6) is 0 Å². The van der Waals surface area contributed by atoms with E-state index in [1.54, 1.807) is 6.08 Å². The molecule has 0 aromatic heterocycles. The second-order valence-electron chi connectivity index (χ2n) is 21.6. The van der Waals surface area contributed by atoms with E-state index >= 15 is 0 Å². The first-order valence-corrected chi connectivity index (χ1v) is 33.6. The molecule has 0 heterocycles. The number of hydrogen-bond acceptors (Lipinski definition) is 6. The van der Waals surface area contributed by atoms with E-state index in [9.17, 15) is 14.4 Å². The number of carbonyl (C=O) groups excluding carboxylic acids is 3. The number of esters is 3. The molecule has 0 bridgehead atoms. The van der Waals surface area contributed by atoms with Gasteiger partial charge in [0.1, 0.15) is 13.2 Å². The zero-order valence-corrected chi connectivity index (χ0v) is 53.4. The van der Waals surface area contributed by atoms with E-state index in [1.165, 1.54) is 89.9 Å². The van der Waals surface area contributed by atoms with Gasteiger partial charge in [-0.2, -0.15) is 0 Å². The summed E-state index contributed by atoms with van der Waals surface area (Å²) in [6.07, 6.45) is 102. The summed E-state index contributed by atoms with van der Waals surface area (Å²) in [7, 11) is 0. The molecule has 1 atom stereocenters. The third kappa shape index (κ3) is 67.4. The largest absolute Gasteiger partial charge is 0.462 e. The van der Waals surface area contributed by atoms with Crippen molar-refractivity contribution in [1.29, 1.82) is 0 Å². The molecule has 0 aromatic rings. The Balaban J connectivity index is 4.42. The second kappa shape index (κ2) is 69.3. The molecule has 1 unspecified atom stereocenters. The highest BCUT2D eigenvalue weighted by Gasteiger charge is 2.19. The van der Waals surface area contributed by atoms with E-state index in [4.69, 9.17) is 14.2 Å². The minimum Gasteiger partial charge on any atom is -0.462 e. The summed E-state index contributed by atoms with van der Waals surface area (Å²) in [5.41, 5.74) is 0. The smallest absolute Gasteiger partial charge is 0.309 e. The average molecular weight is 1140 g/mol. The Kier molecular flexibility index (Phi) is 64.9. The molecule has 0 aliphatic carbocycles. The number of rotatable bonds is 59. The standard InChI is InChI=1S/C77H122O6/c1-4-7-10-13-16-19-22-25-28-30-31-32-33-34-35-36-37-38-39-40-41-42-43-44-45-47-49-52-55-58-61-64-67-70-76(79)82-73-74(72-81-75(78)69-66-63-60-57-54-51-48-27-24-21-18-15-12-9-6-3)83-77(80)71-68-65-62-59-56-53-50-46-29-26-23-20-17-14-11-8-5-2/h7,9-10,12,16,18-19,21,25,27-28,31-32,34-35,37-38,40-41,43-44,47-49,54,57,63,66,74H,4-6,8,11,13-15,17,20,22-24,26,29-30,33,36,39,42,45-46,50-53,55-56,58-62,64-65,67-73H2,1-3H3/b10-7-,12-9-,19-16-,21-18-,28-25-,32-31-,35-34-,38-37-,41-40-,44-43-,48-27-,49-47-,57-54-,66-63-. The number of unbranched alkanes of at least 4 members (excludes halogenated alkanes) is 21. The molecule has 0 aliphatic rings. The molecule has 6 nitrogen and oxygen atoms in total. The Labute approximate surface area is 511 Å². The van der Waals surface area contributed by atoms with Crippen LogP contribution in [-0.2, 0) is 28.6 Å². The predicted octanol–water partition coefficient (Wildman–Crippen LogP) is 23.4. The minimum absolute atomic E-state index is 0.118. The third-order valence-electron chi connectivity index (χ3n) is 13.7. The maximum Gasteiger partial charge on any atom is 0.309 e. The number of allylic oxidation sites excluding steroid dienone is 27. The van der Waals surface area contributed by atoms with E-state index in [0.29, 0.717) is 12.8 Å². The normalized spacial score (nSPS) is 13.2. The van der Waals surface area contributed by atoms with Gasteiger partial charge in [0.05, 0.1) is 6.42 Å². The Morgan fingerprint density at radius 3 is 0.843 bits per heavy atom. The summed E-state index contributed by atoms with van der Waals surface area (Å²) in [4.78, 5) is 38.3. The molecule has 0 radical (unpaired) electrons. The van der Waals surface area contributed by atoms with E-state index in [2.05, 4.69) is 179 Å². The lowest BCUT2D eigenvalue weighted by atomic mass is 10.0. The molecule has 0 saturated heterocycles. The highest BCUT2D eigenvalue weighted by atomic mass is 16.6. The van der Waals surface area contributed by atoms with Gasteiger partial charge in [-0.1, -0.05) is 313 Å². The van der Waals surface area contributed by atoms with E-state index in [0.717, 1.165) is 148 Å². The van der Waals surface area contributed by atoms with Gasteiger partial charge in [-0.3, -0.25) is 14.4 Å². The lowest BCUT2D eigenvalue weighted by Crippen LogP contribution is -2.30. The summed E-state index contributed by atoms with van der Waals surface area (Å²) >= 11 is 0. The van der Waals surface area contributed by atoms with Gasteiger partial charge in [0.25, 0.3) is 0 Å². The fraction of sp³-hybridized carbons (Fsp3) is 0.597. The summed E-state index contributed by atoms with van der Waals surface area (Å²) in [6, 6.07) is 0. The van der Waals surface area contributed by atoms with Crippen molar-refractivity contribution < 1.29 is 28.6 Å². The predicted molar refractivity (Wildman–Crippen MR) is 361 cm³/mol. The van der Waals surface area contributed by atoms with Crippen molar-refractivity contribution in [3.05, 3.63) is 170 Å². The molecule has 466 valence electrons. The Morgan fingerprint density at radius 2 is 0.518 bits per heavy atom. The highest BCUT2D eigenvalue weighted by Crippen LogP contribution is 2.16. The zero-order valence-electron chi connectivity index (χ0n) is 53.4. The number of hydrogen-bond donors (Lipinski definition) is 0. The average Bonchev–Trinajstić information content (AvgIpc) is 3.49. The van der Waals surface area contributed by atoms with E-state index < -0.39 is 12.1 Å². The van der Waals surface area contributed by atoms with Crippen LogP contribution < -0.4 is 0 Å². The first-order chi connectivity index (χ1) is 41.0. The van der Waals surface area contributed by atoms with Gasteiger partial charge >= 0.3 is 17.9 Å². The van der Waals surface area contributed by atoms with Crippen LogP contribution in [0.15, 0.2) is 170 Å². The van der Waals surface area contributed by atoms with Crippen molar-refractivity contribution in [2.75, 3.05) is 13.2 Å². The monoisotopic (exact) mass is 1140 g/mol. The molecule has 0 fully saturated rings. The maximum atomic E-state index is 12.9. The number of carbonyl (C=O) groups is 3. The SMILES string of the molecule is CC/C=C\C/C=C\C/C=C\C/C=C\C/C=C\C/C=C\C/C=C\C/C=C\C/C=C\CCCCCCCC(=O)OCC(COC(=O)C/C=C\C/C=C\C/C=C\C/C=C\C/C=C\CC)OC(=O)CCCCCCCCCCCCCCCCCCC. The van der Waals surface area contributed by atoms with Crippen LogP contribution in [-0.4, -0.2) is 37.2 Å². The molecule has 0 saturated carbocycles. The van der Waals surface area contributed by atoms with Crippen LogP contribution in [0.2, 0.25) is 0 Å². The Morgan fingerprint density at radius 1 is 0.265 bits per heavy atom. The molecule has 0 amide bonds. The van der Waals surface area contributed by atoms with Crippen LogP contribution in [0, 0.1) is 0 Å². The van der Waals surface area contributed by atoms with Gasteiger partial charge in [-0.15, -0.1) is 0 Å².